The van der Waals surface area contributed by atoms with Crippen molar-refractivity contribution in [1.29, 1.82) is 0 Å². The summed E-state index contributed by atoms with van der Waals surface area (Å²) in [7, 11) is 0. The zero-order valence-corrected chi connectivity index (χ0v) is 9.40. The third kappa shape index (κ3) is 2.20. The zero-order chi connectivity index (χ0) is 12.4. The number of aromatic nitrogens is 2. The molecule has 1 aromatic carbocycles. The van der Waals surface area contributed by atoms with Crippen molar-refractivity contribution in [3.05, 3.63) is 24.0 Å². The number of hydrogen-bond donors (Lipinski definition) is 2. The molecule has 0 saturated carbocycles. The number of nitrogen functional groups attached to an aromatic ring is 1. The van der Waals surface area contributed by atoms with Crippen LogP contribution in [0.3, 0.4) is 0 Å². The first kappa shape index (κ1) is 11.4. The third-order valence-corrected chi connectivity index (χ3v) is 2.42. The quantitative estimate of drug-likeness (QED) is 0.831. The molecule has 0 unspecified atom stereocenters. The van der Waals surface area contributed by atoms with Crippen molar-refractivity contribution in [2.24, 2.45) is 0 Å². The second-order valence-corrected chi connectivity index (χ2v) is 3.64. The van der Waals surface area contributed by atoms with Crippen molar-refractivity contribution < 1.29 is 9.18 Å². The summed E-state index contributed by atoms with van der Waals surface area (Å²) in [5.41, 5.74) is 6.80. The van der Waals surface area contributed by atoms with E-state index in [-0.39, 0.29) is 24.2 Å². The summed E-state index contributed by atoms with van der Waals surface area (Å²) < 4.78 is 14.6. The predicted molar refractivity (Wildman–Crippen MR) is 62.8 cm³/mol. The minimum Gasteiger partial charge on any atom is -0.369 e. The van der Waals surface area contributed by atoms with E-state index in [2.05, 4.69) is 10.3 Å². The SMILES string of the molecule is CCNC(=O)Cn1c(N)nc2ccc(F)cc21. The Balaban J connectivity index is 2.41. The van der Waals surface area contributed by atoms with Gasteiger partial charge in [-0.1, -0.05) is 0 Å². The number of carbonyl (C=O) groups is 1. The van der Waals surface area contributed by atoms with E-state index >= 15 is 0 Å². The number of rotatable bonds is 3. The fourth-order valence-corrected chi connectivity index (χ4v) is 1.68. The van der Waals surface area contributed by atoms with Crippen molar-refractivity contribution in [3.63, 3.8) is 0 Å². The molecule has 1 amide bonds. The average Bonchev–Trinajstić information content (AvgIpc) is 2.56. The number of fused-ring (bicyclic) bond motifs is 1. The molecule has 0 aliphatic carbocycles. The van der Waals surface area contributed by atoms with Crippen molar-refractivity contribution in [2.45, 2.75) is 13.5 Å². The normalized spacial score (nSPS) is 10.7. The molecule has 0 spiro atoms. The molecule has 3 N–H and O–H groups in total. The van der Waals surface area contributed by atoms with Crippen LogP contribution in [-0.4, -0.2) is 22.0 Å². The number of benzene rings is 1. The molecule has 0 radical (unpaired) electrons. The molecule has 0 aliphatic rings. The van der Waals surface area contributed by atoms with Crippen LogP contribution >= 0.6 is 0 Å². The predicted octanol–water partition coefficient (Wildman–Crippen LogP) is 0.894. The van der Waals surface area contributed by atoms with E-state index in [0.29, 0.717) is 17.6 Å². The van der Waals surface area contributed by atoms with Crippen LogP contribution in [0.4, 0.5) is 10.3 Å². The molecule has 0 fully saturated rings. The maximum Gasteiger partial charge on any atom is 0.240 e. The van der Waals surface area contributed by atoms with E-state index in [1.54, 1.807) is 0 Å². The van der Waals surface area contributed by atoms with Gasteiger partial charge >= 0.3 is 0 Å². The molecule has 2 aromatic rings. The van der Waals surface area contributed by atoms with Crippen LogP contribution in [0.5, 0.6) is 0 Å². The fraction of sp³-hybridized carbons (Fsp3) is 0.273. The highest BCUT2D eigenvalue weighted by Crippen LogP contribution is 2.18. The Morgan fingerprint density at radius 3 is 3.06 bits per heavy atom. The molecule has 0 bridgehead atoms. The Bertz CT molecular complexity index is 564. The lowest BCUT2D eigenvalue weighted by atomic mass is 10.3. The van der Waals surface area contributed by atoms with Gasteiger partial charge in [-0.3, -0.25) is 4.79 Å². The minimum absolute atomic E-state index is 0.0413. The number of nitrogens with two attached hydrogens (primary N) is 1. The molecule has 2 rings (SSSR count). The van der Waals surface area contributed by atoms with Gasteiger partial charge in [0.2, 0.25) is 11.9 Å². The van der Waals surface area contributed by atoms with Gasteiger partial charge in [-0.05, 0) is 25.1 Å². The van der Waals surface area contributed by atoms with Gasteiger partial charge in [0.25, 0.3) is 0 Å². The van der Waals surface area contributed by atoms with Gasteiger partial charge in [0.1, 0.15) is 12.4 Å². The van der Waals surface area contributed by atoms with Crippen molar-refractivity contribution in [1.82, 2.24) is 14.9 Å². The molecule has 0 aliphatic heterocycles. The van der Waals surface area contributed by atoms with Crippen LogP contribution in [0.2, 0.25) is 0 Å². The first-order chi connectivity index (χ1) is 8.11. The number of nitrogens with one attached hydrogen (secondary N) is 1. The summed E-state index contributed by atoms with van der Waals surface area (Å²) >= 11 is 0. The van der Waals surface area contributed by atoms with Crippen molar-refractivity contribution >= 4 is 22.9 Å². The number of anilines is 1. The molecular weight excluding hydrogens is 223 g/mol. The van der Waals surface area contributed by atoms with Crippen LogP contribution in [0.25, 0.3) is 11.0 Å². The smallest absolute Gasteiger partial charge is 0.240 e. The molecule has 17 heavy (non-hydrogen) atoms. The third-order valence-electron chi connectivity index (χ3n) is 2.42. The zero-order valence-electron chi connectivity index (χ0n) is 9.40. The number of halogens is 1. The van der Waals surface area contributed by atoms with Crippen LogP contribution in [-0.2, 0) is 11.3 Å². The number of likely N-dealkylation sites (N-methyl/N-ethyl adjacent to an activating group) is 1. The molecule has 90 valence electrons. The molecule has 1 aromatic heterocycles. The second kappa shape index (κ2) is 4.40. The summed E-state index contributed by atoms with van der Waals surface area (Å²) in [5.74, 6) is -0.353. The van der Waals surface area contributed by atoms with Crippen LogP contribution < -0.4 is 11.1 Å². The standard InChI is InChI=1S/C11H13FN4O/c1-2-14-10(17)6-16-9-5-7(12)3-4-8(9)15-11(16)13/h3-5H,2,6H2,1H3,(H2,13,15)(H,14,17). The van der Waals surface area contributed by atoms with Gasteiger partial charge in [0.15, 0.2) is 0 Å². The molecule has 5 nitrogen and oxygen atoms in total. The first-order valence-electron chi connectivity index (χ1n) is 5.29. The van der Waals surface area contributed by atoms with Crippen molar-refractivity contribution in [2.75, 3.05) is 12.3 Å². The van der Waals surface area contributed by atoms with Gasteiger partial charge in [0, 0.05) is 6.54 Å². The van der Waals surface area contributed by atoms with Crippen LogP contribution in [0.15, 0.2) is 18.2 Å². The van der Waals surface area contributed by atoms with Gasteiger partial charge in [-0.2, -0.15) is 0 Å². The lowest BCUT2D eigenvalue weighted by molar-refractivity contribution is -0.121. The van der Waals surface area contributed by atoms with Crippen molar-refractivity contribution in [3.8, 4) is 0 Å². The minimum atomic E-state index is -0.380. The number of imidazole rings is 1. The molecule has 6 heteroatoms. The molecule has 0 atom stereocenters. The van der Waals surface area contributed by atoms with Gasteiger partial charge in [-0.25, -0.2) is 9.37 Å². The van der Waals surface area contributed by atoms with E-state index in [1.807, 2.05) is 6.92 Å². The van der Waals surface area contributed by atoms with Gasteiger partial charge < -0.3 is 15.6 Å². The summed E-state index contributed by atoms with van der Waals surface area (Å²) in [6, 6.07) is 4.17. The Morgan fingerprint density at radius 2 is 2.35 bits per heavy atom. The lowest BCUT2D eigenvalue weighted by Gasteiger charge is -2.06. The molecule has 0 saturated heterocycles. The summed E-state index contributed by atoms with van der Waals surface area (Å²) in [6.07, 6.45) is 0. The molecular formula is C11H13FN4O. The van der Waals surface area contributed by atoms with E-state index in [0.717, 1.165) is 0 Å². The number of carbonyl (C=O) groups excluding carboxylic acids is 1. The number of amides is 1. The highest BCUT2D eigenvalue weighted by atomic mass is 19.1. The second-order valence-electron chi connectivity index (χ2n) is 3.64. The topological polar surface area (TPSA) is 72.9 Å². The Morgan fingerprint density at radius 1 is 1.59 bits per heavy atom. The Labute approximate surface area is 97.4 Å². The first-order valence-corrected chi connectivity index (χ1v) is 5.29. The Kier molecular flexibility index (Phi) is 2.95. The number of hydrogen-bond acceptors (Lipinski definition) is 3. The van der Waals surface area contributed by atoms with E-state index in [1.165, 1.54) is 22.8 Å². The van der Waals surface area contributed by atoms with E-state index in [9.17, 15) is 9.18 Å². The largest absolute Gasteiger partial charge is 0.369 e. The Hall–Kier alpha value is -2.11. The molecule has 1 heterocycles. The van der Waals surface area contributed by atoms with E-state index in [4.69, 9.17) is 5.73 Å². The van der Waals surface area contributed by atoms with Crippen LogP contribution in [0, 0.1) is 5.82 Å². The summed E-state index contributed by atoms with van der Waals surface area (Å²) in [6.45, 7) is 2.41. The van der Waals surface area contributed by atoms with Gasteiger partial charge in [0.05, 0.1) is 11.0 Å². The highest BCUT2D eigenvalue weighted by Gasteiger charge is 2.11. The maximum absolute atomic E-state index is 13.1. The van der Waals surface area contributed by atoms with Crippen LogP contribution in [0.1, 0.15) is 6.92 Å². The number of nitrogens with zero attached hydrogens (tertiary/aromatic N) is 2. The highest BCUT2D eigenvalue weighted by molar-refractivity contribution is 5.82. The monoisotopic (exact) mass is 236 g/mol. The maximum atomic E-state index is 13.1. The van der Waals surface area contributed by atoms with E-state index < -0.39 is 0 Å². The lowest BCUT2D eigenvalue weighted by Crippen LogP contribution is -2.27. The summed E-state index contributed by atoms with van der Waals surface area (Å²) in [5, 5.41) is 2.65. The van der Waals surface area contributed by atoms with Gasteiger partial charge in [-0.15, -0.1) is 0 Å². The summed E-state index contributed by atoms with van der Waals surface area (Å²) in [4.78, 5) is 15.5. The average molecular weight is 236 g/mol. The fourth-order valence-electron chi connectivity index (χ4n) is 1.68.